The fourth-order valence-electron chi connectivity index (χ4n) is 0. The van der Waals surface area contributed by atoms with E-state index in [2.05, 4.69) is 0 Å². The summed E-state index contributed by atoms with van der Waals surface area (Å²) in [5, 5.41) is 0. The van der Waals surface area contributed by atoms with Gasteiger partial charge in [0.15, 0.2) is 17.4 Å². The molecule has 0 radical (unpaired) electrons. The summed E-state index contributed by atoms with van der Waals surface area (Å²) in [6.07, 6.45) is 0. The van der Waals surface area contributed by atoms with Crippen molar-refractivity contribution in [1.29, 1.82) is 0 Å². The van der Waals surface area contributed by atoms with Crippen LogP contribution in [-0.4, -0.2) is 22.8 Å². The normalized spacial score (nSPS) is 0. The van der Waals surface area contributed by atoms with E-state index >= 15 is 0 Å². The molecule has 0 fully saturated rings. The summed E-state index contributed by atoms with van der Waals surface area (Å²) in [6.45, 7) is 0. The quantitative estimate of drug-likeness (QED) is 0.546. The Labute approximate surface area is 97.6 Å². The largest absolute Gasteiger partial charge is 0.412 e. The molecule has 7 heteroatoms. The first-order chi connectivity index (χ1) is 0. The van der Waals surface area contributed by atoms with Crippen LogP contribution in [0.4, 0.5) is 0 Å². The summed E-state index contributed by atoms with van der Waals surface area (Å²) in [6, 6.07) is 0. The van der Waals surface area contributed by atoms with Crippen LogP contribution in [0.15, 0.2) is 0 Å². The number of halogens is 4. The number of hydrogen-bond donors (Lipinski definition) is 0. The second kappa shape index (κ2) is 75.4. The Morgan fingerprint density at radius 2 is 0.571 bits per heavy atom. The van der Waals surface area contributed by atoms with Crippen molar-refractivity contribution in [2.24, 2.45) is 0 Å². The molecule has 0 saturated heterocycles. The van der Waals surface area contributed by atoms with Gasteiger partial charge < -0.3 is 5.48 Å². The third kappa shape index (κ3) is 56.7. The molecule has 1 nitrogen and oxygen atoms in total. The summed E-state index contributed by atoms with van der Waals surface area (Å²) in [5.41, 5.74) is 0. The standard InChI is InChI=1S/Al.4ClH.H2O.Zr.3H/h;4*1H;1H2;;;;. The zero-order valence-corrected chi connectivity index (χ0v) is 8.36. The van der Waals surface area contributed by atoms with Gasteiger partial charge in [0.25, 0.3) is 0 Å². The fraction of sp³-hybridized carbons (Fsp3) is 0. The molecule has 0 aliphatic heterocycles. The topological polar surface area (TPSA) is 31.5 Å². The van der Waals surface area contributed by atoms with Gasteiger partial charge in [0.2, 0.25) is 0 Å². The van der Waals surface area contributed by atoms with Crippen LogP contribution in [0.25, 0.3) is 0 Å². The van der Waals surface area contributed by atoms with Gasteiger partial charge in [-0.25, -0.2) is 0 Å². The Morgan fingerprint density at radius 1 is 0.571 bits per heavy atom. The average Bonchev–Trinajstić information content (AvgIpc) is 0. The molecule has 7 heavy (non-hydrogen) atoms. The van der Waals surface area contributed by atoms with E-state index in [0.29, 0.717) is 0 Å². The van der Waals surface area contributed by atoms with Gasteiger partial charge >= 0.3 is 0 Å². The second-order valence-electron chi connectivity index (χ2n) is 0. The Bertz CT molecular complexity index is 11.7. The molecule has 0 rings (SSSR count). The summed E-state index contributed by atoms with van der Waals surface area (Å²) in [7, 11) is 0. The SMILES string of the molecule is Cl.Cl.Cl.Cl.O.[AlH3].[Zr]. The van der Waals surface area contributed by atoms with Gasteiger partial charge in [0.1, 0.15) is 0 Å². The van der Waals surface area contributed by atoms with Crippen molar-refractivity contribution in [2.75, 3.05) is 0 Å². The van der Waals surface area contributed by atoms with Crippen molar-refractivity contribution in [1.82, 2.24) is 0 Å². The third-order valence-electron chi connectivity index (χ3n) is 0. The van der Waals surface area contributed by atoms with Gasteiger partial charge in [0.05, 0.1) is 0 Å². The maximum absolute atomic E-state index is 0. The van der Waals surface area contributed by atoms with E-state index in [4.69, 9.17) is 0 Å². The monoisotopic (exact) mass is 282 g/mol. The van der Waals surface area contributed by atoms with Gasteiger partial charge in [0, 0.05) is 26.2 Å². The van der Waals surface area contributed by atoms with Crippen molar-refractivity contribution in [3.05, 3.63) is 0 Å². The Kier molecular flexibility index (Phi) is 1160. The fourth-order valence-corrected chi connectivity index (χ4v) is 0. The molecule has 0 heterocycles. The van der Waals surface area contributed by atoms with Crippen LogP contribution < -0.4 is 0 Å². The Morgan fingerprint density at radius 3 is 0.571 bits per heavy atom. The maximum Gasteiger partial charge on any atom is 0.187 e. The van der Waals surface area contributed by atoms with Crippen molar-refractivity contribution in [3.63, 3.8) is 0 Å². The smallest absolute Gasteiger partial charge is 0.187 e. The first-order valence-electron chi connectivity index (χ1n) is 0. The number of rotatable bonds is 0. The van der Waals surface area contributed by atoms with E-state index in [1.165, 1.54) is 0 Å². The van der Waals surface area contributed by atoms with E-state index in [1.54, 1.807) is 0 Å². The molecule has 0 amide bonds. The predicted molar refractivity (Wildman–Crippen MR) is 42.5 cm³/mol. The second-order valence-corrected chi connectivity index (χ2v) is 0. The molecule has 0 saturated carbocycles. The maximum atomic E-state index is 0. The summed E-state index contributed by atoms with van der Waals surface area (Å²) >= 11 is 0. The van der Waals surface area contributed by atoms with Crippen LogP contribution in [0.1, 0.15) is 0 Å². The van der Waals surface area contributed by atoms with Gasteiger partial charge in [-0.3, -0.25) is 0 Å². The average molecular weight is 285 g/mol. The van der Waals surface area contributed by atoms with Crippen molar-refractivity contribution < 1.29 is 31.7 Å². The number of hydrogen-bond acceptors (Lipinski definition) is 0. The minimum Gasteiger partial charge on any atom is -0.412 e. The summed E-state index contributed by atoms with van der Waals surface area (Å²) in [4.78, 5) is 0. The van der Waals surface area contributed by atoms with E-state index < -0.39 is 0 Å². The van der Waals surface area contributed by atoms with Crippen LogP contribution in [-0.2, 0) is 26.2 Å². The van der Waals surface area contributed by atoms with Crippen LogP contribution in [0.3, 0.4) is 0 Å². The Hall–Kier alpha value is 2.54. The van der Waals surface area contributed by atoms with Crippen LogP contribution in [0.2, 0.25) is 0 Å². The first-order valence-corrected chi connectivity index (χ1v) is 0. The molecule has 2 N–H and O–H groups in total. The van der Waals surface area contributed by atoms with Crippen molar-refractivity contribution >= 4 is 67.0 Å². The van der Waals surface area contributed by atoms with Gasteiger partial charge in [-0.1, -0.05) is 0 Å². The molecule has 0 spiro atoms. The minimum atomic E-state index is 0. The summed E-state index contributed by atoms with van der Waals surface area (Å²) in [5.74, 6) is 0. The molecule has 0 aliphatic rings. The van der Waals surface area contributed by atoms with E-state index in [0.717, 1.165) is 0 Å². The summed E-state index contributed by atoms with van der Waals surface area (Å²) < 4.78 is 0. The molecule has 0 aromatic rings. The van der Waals surface area contributed by atoms with Crippen LogP contribution in [0.5, 0.6) is 0 Å². The molecule has 0 aromatic carbocycles. The van der Waals surface area contributed by atoms with Gasteiger partial charge in [-0.2, -0.15) is 0 Å². The Balaban J connectivity index is 0. The van der Waals surface area contributed by atoms with Crippen molar-refractivity contribution in [3.8, 4) is 0 Å². The molecule has 0 atom stereocenters. The third-order valence-corrected chi connectivity index (χ3v) is 0. The van der Waals surface area contributed by atoms with Crippen LogP contribution in [0, 0.1) is 0 Å². The molecular formula is H9AlCl4OZr. The molecule has 0 aromatic heterocycles. The molecular weight excluding hydrogens is 276 g/mol. The minimum absolute atomic E-state index is 0. The predicted octanol–water partition coefficient (Wildman–Crippen LogP) is -0.324. The molecule has 0 bridgehead atoms. The molecule has 0 aliphatic carbocycles. The van der Waals surface area contributed by atoms with Gasteiger partial charge in [-0.15, -0.1) is 49.6 Å². The zero-order chi connectivity index (χ0) is 0. The molecule has 0 unspecified atom stereocenters. The van der Waals surface area contributed by atoms with E-state index in [9.17, 15) is 0 Å². The van der Waals surface area contributed by atoms with Gasteiger partial charge in [-0.05, 0) is 0 Å². The zero-order valence-electron chi connectivity index (χ0n) is 2.63. The van der Waals surface area contributed by atoms with E-state index in [-0.39, 0.29) is 98.7 Å². The van der Waals surface area contributed by atoms with Crippen LogP contribution >= 0.6 is 49.6 Å². The van der Waals surface area contributed by atoms with E-state index in [1.807, 2.05) is 0 Å². The molecule has 50 valence electrons. The van der Waals surface area contributed by atoms with Crippen molar-refractivity contribution in [2.45, 2.75) is 0 Å². The first kappa shape index (κ1) is 108.